The van der Waals surface area contributed by atoms with Crippen LogP contribution < -0.4 is 5.73 Å². The summed E-state index contributed by atoms with van der Waals surface area (Å²) in [6.07, 6.45) is 3.32. The molecule has 6 nitrogen and oxygen atoms in total. The number of nitrogens with two attached hydrogens (primary N) is 1. The minimum absolute atomic E-state index is 0. The van der Waals surface area contributed by atoms with Crippen LogP contribution in [0.25, 0.3) is 5.69 Å². The van der Waals surface area contributed by atoms with Crippen LogP contribution in [-0.4, -0.2) is 44.8 Å². The molecule has 0 spiro atoms. The van der Waals surface area contributed by atoms with E-state index in [1.165, 1.54) is 11.8 Å². The largest absolute Gasteiger partial charge is 0.504 e. The first-order valence-electron chi connectivity index (χ1n) is 8.41. The topological polar surface area (TPSA) is 84.4 Å². The van der Waals surface area contributed by atoms with Crippen LogP contribution in [0.3, 0.4) is 0 Å². The third-order valence-corrected chi connectivity index (χ3v) is 4.63. The molecule has 136 valence electrons. The zero-order valence-corrected chi connectivity index (χ0v) is 15.4. The first kappa shape index (κ1) is 19.3. The van der Waals surface area contributed by atoms with Gasteiger partial charge in [0, 0.05) is 19.1 Å². The van der Waals surface area contributed by atoms with Gasteiger partial charge in [0.25, 0.3) is 5.91 Å². The standard InChI is InChI=1S/C18H24N4O2.ClH/c1-12(2)13-5-7-14(8-6-13)22-11-16(23)17(20-22)18(24)21-9-3-4-15(21)10-19;/h5-8,11-12,15,23H,3-4,9-10,19H2,1-2H3;1H. The van der Waals surface area contributed by atoms with Crippen molar-refractivity contribution in [3.8, 4) is 11.4 Å². The SMILES string of the molecule is CC(C)c1ccc(-n2cc(O)c(C(=O)N3CCCC3CN)n2)cc1.Cl. The molecule has 1 saturated heterocycles. The van der Waals surface area contributed by atoms with Crippen LogP contribution in [0.2, 0.25) is 0 Å². The Balaban J connectivity index is 0.00000225. The highest BCUT2D eigenvalue weighted by Crippen LogP contribution is 2.25. The van der Waals surface area contributed by atoms with Crippen LogP contribution in [0, 0.1) is 0 Å². The van der Waals surface area contributed by atoms with E-state index >= 15 is 0 Å². The Hall–Kier alpha value is -2.05. The molecule has 1 aliphatic rings. The van der Waals surface area contributed by atoms with Crippen molar-refractivity contribution < 1.29 is 9.90 Å². The number of halogens is 1. The van der Waals surface area contributed by atoms with E-state index in [9.17, 15) is 9.90 Å². The van der Waals surface area contributed by atoms with Crippen molar-refractivity contribution in [1.82, 2.24) is 14.7 Å². The van der Waals surface area contributed by atoms with E-state index in [4.69, 9.17) is 5.73 Å². The maximum Gasteiger partial charge on any atom is 0.278 e. The lowest BCUT2D eigenvalue weighted by molar-refractivity contribution is 0.0732. The normalized spacial score (nSPS) is 17.0. The second-order valence-corrected chi connectivity index (χ2v) is 6.58. The maximum atomic E-state index is 12.7. The highest BCUT2D eigenvalue weighted by molar-refractivity contribution is 5.95. The molecule has 1 aromatic heterocycles. The summed E-state index contributed by atoms with van der Waals surface area (Å²) in [5.74, 6) is 0.0965. The van der Waals surface area contributed by atoms with Crippen molar-refractivity contribution in [3.05, 3.63) is 41.7 Å². The Morgan fingerprint density at radius 1 is 1.36 bits per heavy atom. The molecule has 3 rings (SSSR count). The predicted molar refractivity (Wildman–Crippen MR) is 99.7 cm³/mol. The Morgan fingerprint density at radius 3 is 2.64 bits per heavy atom. The second-order valence-electron chi connectivity index (χ2n) is 6.58. The molecule has 0 aliphatic carbocycles. The van der Waals surface area contributed by atoms with Crippen molar-refractivity contribution in [2.45, 2.75) is 38.6 Å². The van der Waals surface area contributed by atoms with Crippen LogP contribution >= 0.6 is 12.4 Å². The summed E-state index contributed by atoms with van der Waals surface area (Å²) in [7, 11) is 0. The van der Waals surface area contributed by atoms with Gasteiger partial charge in [-0.3, -0.25) is 4.79 Å². The van der Waals surface area contributed by atoms with Gasteiger partial charge in [-0.2, -0.15) is 5.10 Å². The van der Waals surface area contributed by atoms with Crippen LogP contribution in [-0.2, 0) is 0 Å². The first-order chi connectivity index (χ1) is 11.5. The molecule has 2 heterocycles. The predicted octanol–water partition coefficient (Wildman–Crippen LogP) is 2.69. The van der Waals surface area contributed by atoms with Crippen molar-refractivity contribution in [3.63, 3.8) is 0 Å². The molecule has 1 aliphatic heterocycles. The van der Waals surface area contributed by atoms with Gasteiger partial charge < -0.3 is 15.7 Å². The number of carbonyl (C=O) groups is 1. The lowest BCUT2D eigenvalue weighted by atomic mass is 10.0. The number of benzene rings is 1. The number of rotatable bonds is 4. The minimum Gasteiger partial charge on any atom is -0.504 e. The number of amides is 1. The summed E-state index contributed by atoms with van der Waals surface area (Å²) in [6.45, 7) is 5.37. The van der Waals surface area contributed by atoms with Gasteiger partial charge in [-0.05, 0) is 36.5 Å². The van der Waals surface area contributed by atoms with Crippen molar-refractivity contribution in [1.29, 1.82) is 0 Å². The zero-order chi connectivity index (χ0) is 17.3. The molecule has 7 heteroatoms. The summed E-state index contributed by atoms with van der Waals surface area (Å²) < 4.78 is 1.54. The molecule has 0 saturated carbocycles. The number of likely N-dealkylation sites (tertiary alicyclic amines) is 1. The lowest BCUT2D eigenvalue weighted by Crippen LogP contribution is -2.40. The van der Waals surface area contributed by atoms with Crippen LogP contribution in [0.4, 0.5) is 0 Å². The Morgan fingerprint density at radius 2 is 2.04 bits per heavy atom. The number of carbonyl (C=O) groups excluding carboxylic acids is 1. The van der Waals surface area contributed by atoms with E-state index < -0.39 is 0 Å². The highest BCUT2D eigenvalue weighted by Gasteiger charge is 2.31. The number of aromatic nitrogens is 2. The number of aromatic hydroxyl groups is 1. The molecule has 2 aromatic rings. The molecule has 1 unspecified atom stereocenters. The summed E-state index contributed by atoms with van der Waals surface area (Å²) in [6, 6.07) is 7.98. The van der Waals surface area contributed by atoms with Gasteiger partial charge in [0.2, 0.25) is 0 Å². The summed E-state index contributed by atoms with van der Waals surface area (Å²) in [5.41, 5.74) is 7.86. The molecule has 1 fully saturated rings. The van der Waals surface area contributed by atoms with Gasteiger partial charge in [-0.25, -0.2) is 4.68 Å². The van der Waals surface area contributed by atoms with Crippen molar-refractivity contribution in [2.24, 2.45) is 5.73 Å². The third kappa shape index (κ3) is 3.80. The maximum absolute atomic E-state index is 12.7. The van der Waals surface area contributed by atoms with E-state index in [1.807, 2.05) is 24.3 Å². The summed E-state index contributed by atoms with van der Waals surface area (Å²) in [4.78, 5) is 14.4. The van der Waals surface area contributed by atoms with Gasteiger partial charge in [-0.1, -0.05) is 26.0 Å². The Labute approximate surface area is 154 Å². The minimum atomic E-state index is -0.252. The third-order valence-electron chi connectivity index (χ3n) is 4.63. The second kappa shape index (κ2) is 7.89. The Kier molecular flexibility index (Phi) is 6.08. The van der Waals surface area contributed by atoms with E-state index in [2.05, 4.69) is 18.9 Å². The summed E-state index contributed by atoms with van der Waals surface area (Å²) in [5, 5.41) is 14.5. The van der Waals surface area contributed by atoms with Gasteiger partial charge >= 0.3 is 0 Å². The fourth-order valence-corrected chi connectivity index (χ4v) is 3.15. The van der Waals surface area contributed by atoms with E-state index in [0.29, 0.717) is 19.0 Å². The molecule has 0 bridgehead atoms. The number of hydrogen-bond acceptors (Lipinski definition) is 4. The fourth-order valence-electron chi connectivity index (χ4n) is 3.15. The number of hydrogen-bond donors (Lipinski definition) is 2. The molecule has 1 aromatic carbocycles. The molecule has 0 radical (unpaired) electrons. The monoisotopic (exact) mass is 364 g/mol. The Bertz CT molecular complexity index is 727. The quantitative estimate of drug-likeness (QED) is 0.873. The smallest absolute Gasteiger partial charge is 0.278 e. The van der Waals surface area contributed by atoms with Crippen LogP contribution in [0.15, 0.2) is 30.5 Å². The molecule has 1 amide bonds. The van der Waals surface area contributed by atoms with Crippen LogP contribution in [0.5, 0.6) is 5.75 Å². The van der Waals surface area contributed by atoms with E-state index in [1.54, 1.807) is 9.58 Å². The van der Waals surface area contributed by atoms with Gasteiger partial charge in [0.05, 0.1) is 11.9 Å². The van der Waals surface area contributed by atoms with Gasteiger partial charge in [0.15, 0.2) is 11.4 Å². The molecule has 3 N–H and O–H groups in total. The average molecular weight is 365 g/mol. The zero-order valence-electron chi connectivity index (χ0n) is 14.6. The van der Waals surface area contributed by atoms with Gasteiger partial charge in [0.1, 0.15) is 0 Å². The summed E-state index contributed by atoms with van der Waals surface area (Å²) >= 11 is 0. The molecule has 1 atom stereocenters. The number of nitrogens with zero attached hydrogens (tertiary/aromatic N) is 3. The van der Waals surface area contributed by atoms with Gasteiger partial charge in [-0.15, -0.1) is 12.4 Å². The molecule has 25 heavy (non-hydrogen) atoms. The van der Waals surface area contributed by atoms with Crippen molar-refractivity contribution >= 4 is 18.3 Å². The van der Waals surface area contributed by atoms with Crippen LogP contribution in [0.1, 0.15) is 48.7 Å². The van der Waals surface area contributed by atoms with E-state index in [0.717, 1.165) is 18.5 Å². The first-order valence-corrected chi connectivity index (χ1v) is 8.41. The fraction of sp³-hybridized carbons (Fsp3) is 0.444. The lowest BCUT2D eigenvalue weighted by Gasteiger charge is -2.22. The van der Waals surface area contributed by atoms with E-state index in [-0.39, 0.29) is 35.8 Å². The average Bonchev–Trinajstić information content (AvgIpc) is 3.20. The molecular weight excluding hydrogens is 340 g/mol. The highest BCUT2D eigenvalue weighted by atomic mass is 35.5. The van der Waals surface area contributed by atoms with Crippen molar-refractivity contribution in [2.75, 3.05) is 13.1 Å². The molecular formula is C18H25ClN4O2.